The number of carbonyl (C=O) groups is 3. The predicted octanol–water partition coefficient (Wildman–Crippen LogP) is 1.95. The van der Waals surface area contributed by atoms with E-state index in [1.54, 1.807) is 13.8 Å². The van der Waals surface area contributed by atoms with Gasteiger partial charge in [0.15, 0.2) is 11.5 Å². The van der Waals surface area contributed by atoms with Crippen molar-refractivity contribution in [3.63, 3.8) is 0 Å². The van der Waals surface area contributed by atoms with Gasteiger partial charge in [0, 0.05) is 31.4 Å². The zero-order chi connectivity index (χ0) is 15.6. The number of fused-ring (bicyclic) bond motifs is 1. The molecule has 2 rings (SSSR count). The second-order valence-electron chi connectivity index (χ2n) is 5.54. The Hall–Kier alpha value is -2.11. The fourth-order valence-corrected chi connectivity index (χ4v) is 2.58. The number of aliphatic carboxylic acids is 1. The minimum atomic E-state index is -0.896. The van der Waals surface area contributed by atoms with Crippen LogP contribution in [0.1, 0.15) is 58.4 Å². The van der Waals surface area contributed by atoms with Gasteiger partial charge in [0.05, 0.1) is 5.56 Å². The van der Waals surface area contributed by atoms with Gasteiger partial charge in [0.25, 0.3) is 5.91 Å². The number of nitrogens with one attached hydrogen (secondary N) is 1. The van der Waals surface area contributed by atoms with Gasteiger partial charge in [0.1, 0.15) is 5.76 Å². The summed E-state index contributed by atoms with van der Waals surface area (Å²) < 4.78 is 5.53. The fourth-order valence-electron chi connectivity index (χ4n) is 2.58. The third-order valence-corrected chi connectivity index (χ3v) is 3.65. The highest BCUT2D eigenvalue weighted by atomic mass is 16.4. The molecule has 0 saturated carbocycles. The molecule has 0 bridgehead atoms. The van der Waals surface area contributed by atoms with E-state index in [0.29, 0.717) is 29.7 Å². The lowest BCUT2D eigenvalue weighted by Crippen LogP contribution is -2.29. The largest absolute Gasteiger partial charge is 0.481 e. The van der Waals surface area contributed by atoms with Crippen molar-refractivity contribution in [2.24, 2.45) is 5.92 Å². The molecule has 1 heterocycles. The molecule has 1 amide bonds. The minimum absolute atomic E-state index is 0.00754. The van der Waals surface area contributed by atoms with Crippen molar-refractivity contribution < 1.29 is 23.9 Å². The number of furan rings is 1. The van der Waals surface area contributed by atoms with Crippen molar-refractivity contribution in [1.82, 2.24) is 5.32 Å². The van der Waals surface area contributed by atoms with E-state index in [2.05, 4.69) is 5.32 Å². The van der Waals surface area contributed by atoms with Crippen molar-refractivity contribution in [3.05, 3.63) is 22.6 Å². The second-order valence-corrected chi connectivity index (χ2v) is 5.54. The maximum atomic E-state index is 12.1. The molecule has 1 aromatic heterocycles. The summed E-state index contributed by atoms with van der Waals surface area (Å²) in [6.45, 7) is 3.71. The van der Waals surface area contributed by atoms with E-state index in [4.69, 9.17) is 9.52 Å². The van der Waals surface area contributed by atoms with Gasteiger partial charge >= 0.3 is 5.97 Å². The summed E-state index contributed by atoms with van der Waals surface area (Å²) in [7, 11) is 0. The summed E-state index contributed by atoms with van der Waals surface area (Å²) in [5.74, 6) is -0.682. The number of amides is 1. The van der Waals surface area contributed by atoms with Gasteiger partial charge in [-0.2, -0.15) is 0 Å². The molecule has 6 nitrogen and oxygen atoms in total. The van der Waals surface area contributed by atoms with E-state index in [0.717, 1.165) is 6.42 Å². The summed E-state index contributed by atoms with van der Waals surface area (Å²) in [5, 5.41) is 11.3. The monoisotopic (exact) mass is 293 g/mol. The van der Waals surface area contributed by atoms with Gasteiger partial charge in [-0.05, 0) is 19.3 Å². The second kappa shape index (κ2) is 6.11. The summed E-state index contributed by atoms with van der Waals surface area (Å²) in [5.41, 5.74) is 1.13. The average molecular weight is 293 g/mol. The number of aryl methyl sites for hydroxylation is 1. The summed E-state index contributed by atoms with van der Waals surface area (Å²) >= 11 is 0. The van der Waals surface area contributed by atoms with Crippen LogP contribution < -0.4 is 5.32 Å². The Morgan fingerprint density at radius 2 is 2.10 bits per heavy atom. The maximum Gasteiger partial charge on any atom is 0.303 e. The highest BCUT2D eigenvalue weighted by molar-refractivity contribution is 6.03. The molecule has 1 aliphatic rings. The molecule has 1 aromatic rings. The third kappa shape index (κ3) is 3.32. The third-order valence-electron chi connectivity index (χ3n) is 3.65. The van der Waals surface area contributed by atoms with Crippen LogP contribution in [0.5, 0.6) is 0 Å². The van der Waals surface area contributed by atoms with E-state index in [1.807, 2.05) is 0 Å². The van der Waals surface area contributed by atoms with Crippen molar-refractivity contribution in [2.75, 3.05) is 6.54 Å². The summed E-state index contributed by atoms with van der Waals surface area (Å²) in [6, 6.07) is 0. The molecule has 6 heteroatoms. The molecule has 2 N–H and O–H groups in total. The van der Waals surface area contributed by atoms with E-state index >= 15 is 0 Å². The molecule has 0 saturated heterocycles. The van der Waals surface area contributed by atoms with Crippen LogP contribution in [0.3, 0.4) is 0 Å². The molecular weight excluding hydrogens is 274 g/mol. The van der Waals surface area contributed by atoms with Crippen molar-refractivity contribution in [1.29, 1.82) is 0 Å². The zero-order valence-electron chi connectivity index (χ0n) is 12.2. The first-order valence-electron chi connectivity index (χ1n) is 7.05. The molecule has 0 fully saturated rings. The Morgan fingerprint density at radius 3 is 2.71 bits per heavy atom. The number of Topliss-reactive ketones (excluding diaryl/α,β-unsaturated/α-hetero) is 1. The zero-order valence-corrected chi connectivity index (χ0v) is 12.2. The first-order chi connectivity index (χ1) is 9.90. The van der Waals surface area contributed by atoms with Crippen molar-refractivity contribution in [2.45, 2.75) is 39.5 Å². The highest BCUT2D eigenvalue weighted by Gasteiger charge is 2.28. The van der Waals surface area contributed by atoms with Crippen LogP contribution in [-0.2, 0) is 11.2 Å². The summed E-state index contributed by atoms with van der Waals surface area (Å²) in [6.07, 6.45) is 1.90. The van der Waals surface area contributed by atoms with Crippen LogP contribution in [-0.4, -0.2) is 29.3 Å². The Morgan fingerprint density at radius 1 is 1.38 bits per heavy atom. The van der Waals surface area contributed by atoms with Gasteiger partial charge < -0.3 is 14.8 Å². The first-order valence-corrected chi connectivity index (χ1v) is 7.05. The highest BCUT2D eigenvalue weighted by Crippen LogP contribution is 2.29. The lowest BCUT2D eigenvalue weighted by atomic mass is 9.94. The van der Waals surface area contributed by atoms with Crippen LogP contribution in [0, 0.1) is 12.8 Å². The number of carbonyl (C=O) groups excluding carboxylic acids is 2. The van der Waals surface area contributed by atoms with Gasteiger partial charge in [-0.25, -0.2) is 0 Å². The van der Waals surface area contributed by atoms with E-state index in [1.165, 1.54) is 0 Å². The number of carboxylic acids is 1. The normalized spacial score (nSPS) is 15.4. The number of hydrogen-bond donors (Lipinski definition) is 2. The Balaban J connectivity index is 2.07. The van der Waals surface area contributed by atoms with Crippen LogP contribution >= 0.6 is 0 Å². The average Bonchev–Trinajstić information content (AvgIpc) is 2.74. The van der Waals surface area contributed by atoms with E-state index in [9.17, 15) is 14.4 Å². The summed E-state index contributed by atoms with van der Waals surface area (Å²) in [4.78, 5) is 34.6. The van der Waals surface area contributed by atoms with Gasteiger partial charge in [-0.1, -0.05) is 6.92 Å². The molecular formula is C15H19NO5. The molecule has 114 valence electrons. The SMILES string of the molecule is Cc1c(C(=O)NCC(C)CC(=O)O)oc2c1C(=O)CCC2. The molecule has 1 unspecified atom stereocenters. The topological polar surface area (TPSA) is 96.6 Å². The molecule has 21 heavy (non-hydrogen) atoms. The molecule has 0 aromatic carbocycles. The van der Waals surface area contributed by atoms with Gasteiger partial charge in [-0.3, -0.25) is 14.4 Å². The molecule has 0 aliphatic heterocycles. The Labute approximate surface area is 122 Å². The fraction of sp³-hybridized carbons (Fsp3) is 0.533. The van der Waals surface area contributed by atoms with Gasteiger partial charge in [-0.15, -0.1) is 0 Å². The smallest absolute Gasteiger partial charge is 0.303 e. The predicted molar refractivity (Wildman–Crippen MR) is 74.5 cm³/mol. The molecule has 1 atom stereocenters. The van der Waals surface area contributed by atoms with Crippen LogP contribution in [0.4, 0.5) is 0 Å². The quantitative estimate of drug-likeness (QED) is 0.864. The maximum absolute atomic E-state index is 12.1. The minimum Gasteiger partial charge on any atom is -0.481 e. The van der Waals surface area contributed by atoms with Crippen molar-refractivity contribution >= 4 is 17.7 Å². The molecule has 0 spiro atoms. The van der Waals surface area contributed by atoms with Crippen LogP contribution in [0.25, 0.3) is 0 Å². The lowest BCUT2D eigenvalue weighted by molar-refractivity contribution is -0.137. The molecule has 1 aliphatic carbocycles. The van der Waals surface area contributed by atoms with Crippen molar-refractivity contribution in [3.8, 4) is 0 Å². The van der Waals surface area contributed by atoms with E-state index in [-0.39, 0.29) is 30.4 Å². The number of carboxylic acid groups (broad SMARTS) is 1. The van der Waals surface area contributed by atoms with Crippen LogP contribution in [0.2, 0.25) is 0 Å². The van der Waals surface area contributed by atoms with Gasteiger partial charge in [0.2, 0.25) is 0 Å². The number of rotatable bonds is 5. The standard InChI is InChI=1S/C15H19NO5/c1-8(6-12(18)19)7-16-15(20)14-9(2)13-10(17)4-3-5-11(13)21-14/h8H,3-7H2,1-2H3,(H,16,20)(H,18,19). The van der Waals surface area contributed by atoms with E-state index < -0.39 is 11.9 Å². The molecule has 0 radical (unpaired) electrons. The lowest BCUT2D eigenvalue weighted by Gasteiger charge is -2.09. The first kappa shape index (κ1) is 15.3. The number of hydrogen-bond acceptors (Lipinski definition) is 4. The Bertz CT molecular complexity index is 587. The Kier molecular flexibility index (Phi) is 4.45. The van der Waals surface area contributed by atoms with Crippen LogP contribution in [0.15, 0.2) is 4.42 Å². The number of ketones is 1.